The van der Waals surface area contributed by atoms with Crippen LogP contribution in [0.4, 0.5) is 22.0 Å². The van der Waals surface area contributed by atoms with Crippen LogP contribution in [0, 0.1) is 36.0 Å². The van der Waals surface area contributed by atoms with Crippen molar-refractivity contribution in [2.45, 2.75) is 66.2 Å². The summed E-state index contributed by atoms with van der Waals surface area (Å²) in [6.45, 7) is 13.7. The van der Waals surface area contributed by atoms with Gasteiger partial charge in [0.25, 0.3) is 0 Å². The number of aryl methyl sites for hydroxylation is 1. The quantitative estimate of drug-likeness (QED) is 0.339. The fourth-order valence-electron chi connectivity index (χ4n) is 2.88. The Morgan fingerprint density at radius 2 is 0.879 bits per heavy atom. The predicted octanol–water partition coefficient (Wildman–Crippen LogP) is 9.43. The lowest BCUT2D eigenvalue weighted by molar-refractivity contribution is 0.506. The molecule has 0 aromatic heterocycles. The van der Waals surface area contributed by atoms with Crippen LogP contribution in [0.15, 0.2) is 54.6 Å². The molecule has 33 heavy (non-hydrogen) atoms. The Labute approximate surface area is 194 Å². The van der Waals surface area contributed by atoms with Crippen molar-refractivity contribution >= 4 is 0 Å². The van der Waals surface area contributed by atoms with Gasteiger partial charge in [-0.15, -0.1) is 0 Å². The van der Waals surface area contributed by atoms with Crippen molar-refractivity contribution in [2.24, 2.45) is 0 Å². The maximum atomic E-state index is 12.8. The zero-order valence-electron chi connectivity index (χ0n) is 20.3. The molecule has 3 aromatic rings. The number of rotatable bonds is 3. The van der Waals surface area contributed by atoms with Gasteiger partial charge in [0, 0.05) is 6.07 Å². The molecule has 0 nitrogen and oxygen atoms in total. The topological polar surface area (TPSA) is 0 Å². The second-order valence-electron chi connectivity index (χ2n) is 8.90. The molecular weight excluding hydrogens is 431 g/mol. The maximum absolute atomic E-state index is 12.8. The van der Waals surface area contributed by atoms with Crippen LogP contribution in [-0.2, 0) is 0 Å². The van der Waals surface area contributed by atoms with Crippen LogP contribution in [0.2, 0.25) is 0 Å². The van der Waals surface area contributed by atoms with E-state index < -0.39 is 23.3 Å². The lowest BCUT2D eigenvalue weighted by Gasteiger charge is -2.05. The van der Waals surface area contributed by atoms with Crippen molar-refractivity contribution in [3.8, 4) is 0 Å². The molecule has 0 aliphatic heterocycles. The molecule has 0 aliphatic rings. The van der Waals surface area contributed by atoms with E-state index in [9.17, 15) is 22.0 Å². The van der Waals surface area contributed by atoms with Crippen LogP contribution in [0.25, 0.3) is 0 Å². The van der Waals surface area contributed by atoms with E-state index in [-0.39, 0.29) is 17.7 Å². The predicted molar refractivity (Wildman–Crippen MR) is 126 cm³/mol. The molecule has 0 N–H and O–H groups in total. The highest BCUT2D eigenvalue weighted by atomic mass is 19.2. The highest BCUT2D eigenvalue weighted by Gasteiger charge is 2.05. The molecule has 0 spiro atoms. The van der Waals surface area contributed by atoms with Gasteiger partial charge in [0.2, 0.25) is 0 Å². The molecule has 0 unspecified atom stereocenters. The van der Waals surface area contributed by atoms with Gasteiger partial charge in [0.05, 0.1) is 0 Å². The Balaban J connectivity index is 0.000000247. The minimum absolute atomic E-state index is 0.131. The molecule has 5 heteroatoms. The Hall–Kier alpha value is -2.69. The van der Waals surface area contributed by atoms with E-state index in [0.29, 0.717) is 11.5 Å². The zero-order chi connectivity index (χ0) is 25.3. The Kier molecular flexibility index (Phi) is 11.3. The van der Waals surface area contributed by atoms with Gasteiger partial charge < -0.3 is 0 Å². The van der Waals surface area contributed by atoms with Gasteiger partial charge in [-0.1, -0.05) is 53.7 Å². The molecule has 0 amide bonds. The monoisotopic (exact) mass is 464 g/mol. The lowest BCUT2D eigenvalue weighted by atomic mass is 10.0. The summed E-state index contributed by atoms with van der Waals surface area (Å²) in [6.07, 6.45) is 0. The van der Waals surface area contributed by atoms with E-state index in [4.69, 9.17) is 0 Å². The minimum Gasteiger partial charge on any atom is -0.207 e. The molecule has 3 rings (SSSR count). The first kappa shape index (κ1) is 28.3. The van der Waals surface area contributed by atoms with Gasteiger partial charge in [-0.25, -0.2) is 22.0 Å². The standard InChI is InChI=1S/C10H13F.2C9H10F2/c1-7(2)9-4-8(3)5-10(11)6-9;1-6(2)7-3-8(10)5-9(11)4-7;1-6(2)7-3-4-8(10)9(11)5-7/h4-7H,1-3H3;2*3-6H,1-2H3. The summed E-state index contributed by atoms with van der Waals surface area (Å²) in [5, 5.41) is 0. The summed E-state index contributed by atoms with van der Waals surface area (Å²) >= 11 is 0. The fourth-order valence-corrected chi connectivity index (χ4v) is 2.88. The molecule has 0 saturated heterocycles. The Morgan fingerprint density at radius 3 is 1.27 bits per heavy atom. The number of halogens is 5. The van der Waals surface area contributed by atoms with Crippen LogP contribution in [0.1, 0.15) is 81.5 Å². The molecule has 0 heterocycles. The smallest absolute Gasteiger partial charge is 0.159 e. The van der Waals surface area contributed by atoms with Gasteiger partial charge in [-0.2, -0.15) is 0 Å². The van der Waals surface area contributed by atoms with E-state index in [0.717, 1.165) is 28.8 Å². The second-order valence-corrected chi connectivity index (χ2v) is 8.90. The third-order valence-electron chi connectivity index (χ3n) is 4.89. The van der Waals surface area contributed by atoms with E-state index in [1.807, 2.05) is 40.7 Å². The first-order valence-electron chi connectivity index (χ1n) is 11.0. The van der Waals surface area contributed by atoms with Crippen molar-refractivity contribution in [2.75, 3.05) is 0 Å². The number of hydrogen-bond acceptors (Lipinski definition) is 0. The summed E-state index contributed by atoms with van der Waals surface area (Å²) < 4.78 is 62.8. The highest BCUT2D eigenvalue weighted by molar-refractivity contribution is 5.25. The number of benzene rings is 3. The van der Waals surface area contributed by atoms with Gasteiger partial charge in [-0.3, -0.25) is 0 Å². The molecule has 0 saturated carbocycles. The third kappa shape index (κ3) is 10.2. The maximum Gasteiger partial charge on any atom is 0.159 e. The summed E-state index contributed by atoms with van der Waals surface area (Å²) in [5.74, 6) is -1.88. The summed E-state index contributed by atoms with van der Waals surface area (Å²) in [7, 11) is 0. The van der Waals surface area contributed by atoms with Crippen molar-refractivity contribution in [1.82, 2.24) is 0 Å². The van der Waals surface area contributed by atoms with Gasteiger partial charge in [0.1, 0.15) is 17.5 Å². The van der Waals surface area contributed by atoms with Crippen LogP contribution in [-0.4, -0.2) is 0 Å². The Morgan fingerprint density at radius 1 is 0.455 bits per heavy atom. The van der Waals surface area contributed by atoms with Gasteiger partial charge in [-0.05, 0) is 83.3 Å². The molecule has 0 bridgehead atoms. The van der Waals surface area contributed by atoms with Gasteiger partial charge in [0.15, 0.2) is 11.6 Å². The fraction of sp³-hybridized carbons (Fsp3) is 0.357. The highest BCUT2D eigenvalue weighted by Crippen LogP contribution is 2.18. The van der Waals surface area contributed by atoms with Crippen molar-refractivity contribution in [3.05, 3.63) is 106 Å². The normalized spacial score (nSPS) is 10.6. The molecule has 0 aliphatic carbocycles. The second kappa shape index (κ2) is 13.1. The third-order valence-corrected chi connectivity index (χ3v) is 4.89. The summed E-state index contributed by atoms with van der Waals surface area (Å²) in [6, 6.07) is 12.7. The van der Waals surface area contributed by atoms with Crippen molar-refractivity contribution in [3.63, 3.8) is 0 Å². The summed E-state index contributed by atoms with van der Waals surface area (Å²) in [5.41, 5.74) is 3.59. The van der Waals surface area contributed by atoms with E-state index in [1.165, 1.54) is 18.2 Å². The molecule has 0 atom stereocenters. The van der Waals surface area contributed by atoms with Crippen LogP contribution >= 0.6 is 0 Å². The minimum atomic E-state index is -0.783. The van der Waals surface area contributed by atoms with Crippen LogP contribution in [0.5, 0.6) is 0 Å². The zero-order valence-corrected chi connectivity index (χ0v) is 20.3. The first-order chi connectivity index (χ1) is 15.3. The molecule has 0 radical (unpaired) electrons. The van der Waals surface area contributed by atoms with Crippen molar-refractivity contribution < 1.29 is 22.0 Å². The van der Waals surface area contributed by atoms with E-state index in [1.54, 1.807) is 18.2 Å². The van der Waals surface area contributed by atoms with E-state index >= 15 is 0 Å². The van der Waals surface area contributed by atoms with Crippen LogP contribution in [0.3, 0.4) is 0 Å². The molecule has 3 aromatic carbocycles. The first-order valence-corrected chi connectivity index (χ1v) is 11.0. The average Bonchev–Trinajstić information content (AvgIpc) is 2.69. The van der Waals surface area contributed by atoms with Crippen LogP contribution < -0.4 is 0 Å². The number of hydrogen-bond donors (Lipinski definition) is 0. The lowest BCUT2D eigenvalue weighted by Crippen LogP contribution is -1.90. The molecular formula is C28H33F5. The van der Waals surface area contributed by atoms with Gasteiger partial charge >= 0.3 is 0 Å². The van der Waals surface area contributed by atoms with Crippen molar-refractivity contribution in [1.29, 1.82) is 0 Å². The average molecular weight is 465 g/mol. The molecule has 180 valence electrons. The summed E-state index contributed by atoms with van der Waals surface area (Å²) in [4.78, 5) is 0. The SMILES string of the molecule is CC(C)c1cc(F)cc(F)c1.CC(C)c1ccc(F)c(F)c1.Cc1cc(F)cc(C(C)C)c1. The Bertz CT molecular complexity index is 927. The largest absolute Gasteiger partial charge is 0.207 e. The van der Waals surface area contributed by atoms with E-state index in [2.05, 4.69) is 13.8 Å². The molecule has 0 fully saturated rings.